The lowest BCUT2D eigenvalue weighted by molar-refractivity contribution is -0.873. The summed E-state index contributed by atoms with van der Waals surface area (Å²) in [5.41, 5.74) is 1.47. The molecule has 0 bridgehead atoms. The third-order valence-corrected chi connectivity index (χ3v) is 11.9. The predicted molar refractivity (Wildman–Crippen MR) is 176 cm³/mol. The zero-order valence-electron chi connectivity index (χ0n) is 29.8. The molecule has 7 heteroatoms. The van der Waals surface area contributed by atoms with Crippen molar-refractivity contribution in [3.63, 3.8) is 0 Å². The number of allylic oxidation sites excluding steroid dienone is 1. The van der Waals surface area contributed by atoms with Gasteiger partial charge in [0.2, 0.25) is 0 Å². The van der Waals surface area contributed by atoms with Gasteiger partial charge in [-0.25, -0.2) is 4.79 Å². The number of ether oxygens (including phenoxy) is 2. The molecule has 2 N–H and O–H groups in total. The van der Waals surface area contributed by atoms with Crippen molar-refractivity contribution in [2.45, 2.75) is 143 Å². The minimum absolute atomic E-state index is 0.167. The third-order valence-electron chi connectivity index (χ3n) is 11.9. The fraction of sp³-hybridized carbons (Fsp3) is 0.892. The first-order valence-electron chi connectivity index (χ1n) is 17.7. The molecule has 9 unspecified atom stereocenters. The average Bonchev–Trinajstić information content (AvgIpc) is 3.25. The van der Waals surface area contributed by atoms with Crippen LogP contribution in [0.5, 0.6) is 0 Å². The van der Waals surface area contributed by atoms with E-state index in [1.165, 1.54) is 37.7 Å². The van der Waals surface area contributed by atoms with Gasteiger partial charge in [0.25, 0.3) is 0 Å². The molecule has 0 radical (unpaired) electrons. The second kappa shape index (κ2) is 14.4. The molecule has 0 aliphatic heterocycles. The van der Waals surface area contributed by atoms with Crippen LogP contribution in [-0.4, -0.2) is 72.3 Å². The van der Waals surface area contributed by atoms with Crippen LogP contribution in [0.25, 0.3) is 0 Å². The van der Waals surface area contributed by atoms with Gasteiger partial charge in [-0.05, 0) is 106 Å². The number of carbonyl (C=O) groups is 2. The molecule has 9 atom stereocenters. The first kappa shape index (κ1) is 36.9. The summed E-state index contributed by atoms with van der Waals surface area (Å²) in [5, 5.41) is 19.5. The molecule has 0 spiro atoms. The second-order valence-electron chi connectivity index (χ2n) is 16.7. The zero-order valence-corrected chi connectivity index (χ0v) is 29.8. The van der Waals surface area contributed by atoms with Gasteiger partial charge in [-0.3, -0.25) is 4.79 Å². The average molecular weight is 621 g/mol. The van der Waals surface area contributed by atoms with E-state index in [0.29, 0.717) is 28.3 Å². The smallest absolute Gasteiger partial charge is 0.481 e. The Bertz CT molecular complexity index is 1010. The number of carbonyl (C=O) groups excluding carboxylic acids is 1. The highest BCUT2D eigenvalue weighted by Crippen LogP contribution is 2.67. The molecule has 0 aromatic carbocycles. The Kier molecular flexibility index (Phi) is 12.1. The Balaban J connectivity index is 0.00000259. The summed E-state index contributed by atoms with van der Waals surface area (Å²) in [6.07, 6.45) is 12.8. The molecule has 7 nitrogen and oxygen atoms in total. The largest absolute Gasteiger partial charge is 0.509 e. The van der Waals surface area contributed by atoms with Crippen LogP contribution in [0.1, 0.15) is 126 Å². The number of aliphatic carboxylic acids is 1. The SMILES string of the molecule is CC.CC(CCCC(C)(C)O)C1CCC2C3CC=C4CC(OC(=O)OC(CC(=O)O)C[N+](C)(C)C)CCC4(C)C3CCC12C. The van der Waals surface area contributed by atoms with Crippen molar-refractivity contribution in [2.24, 2.45) is 40.4 Å². The number of nitrogens with zero attached hydrogens (tertiary/aromatic N) is 1. The third kappa shape index (κ3) is 8.80. The van der Waals surface area contributed by atoms with Crippen molar-refractivity contribution in [1.29, 1.82) is 0 Å². The van der Waals surface area contributed by atoms with Gasteiger partial charge in [0.1, 0.15) is 12.6 Å². The number of rotatable bonds is 11. The lowest BCUT2D eigenvalue weighted by Gasteiger charge is -2.58. The van der Waals surface area contributed by atoms with Gasteiger partial charge in [-0.2, -0.15) is 0 Å². The van der Waals surface area contributed by atoms with E-state index in [2.05, 4.69) is 26.8 Å². The molecule has 254 valence electrons. The van der Waals surface area contributed by atoms with Gasteiger partial charge in [0, 0.05) is 6.42 Å². The van der Waals surface area contributed by atoms with Crippen molar-refractivity contribution in [2.75, 3.05) is 27.7 Å². The van der Waals surface area contributed by atoms with Crippen molar-refractivity contribution >= 4 is 12.1 Å². The van der Waals surface area contributed by atoms with Crippen LogP contribution in [0.4, 0.5) is 4.79 Å². The number of carboxylic acid groups (broad SMARTS) is 1. The maximum absolute atomic E-state index is 12.7. The highest BCUT2D eigenvalue weighted by Gasteiger charge is 2.59. The number of likely N-dealkylation sites (N-methyl/N-ethyl adjacent to an activating group) is 1. The van der Waals surface area contributed by atoms with E-state index in [-0.39, 0.29) is 17.9 Å². The zero-order chi connectivity index (χ0) is 33.1. The molecule has 3 saturated carbocycles. The highest BCUT2D eigenvalue weighted by molar-refractivity contribution is 5.68. The van der Waals surface area contributed by atoms with Crippen LogP contribution in [0.2, 0.25) is 0 Å². The summed E-state index contributed by atoms with van der Waals surface area (Å²) in [4.78, 5) is 24.1. The Morgan fingerprint density at radius 1 is 1.07 bits per heavy atom. The first-order valence-corrected chi connectivity index (χ1v) is 17.7. The minimum atomic E-state index is -0.978. The first-order chi connectivity index (χ1) is 20.4. The monoisotopic (exact) mass is 620 g/mol. The van der Waals surface area contributed by atoms with Crippen molar-refractivity contribution in [3.05, 3.63) is 11.6 Å². The van der Waals surface area contributed by atoms with Crippen LogP contribution in [0, 0.1) is 40.4 Å². The van der Waals surface area contributed by atoms with Crippen molar-refractivity contribution < 1.29 is 33.8 Å². The number of quaternary nitrogens is 1. The standard InChI is InChI=1S/C35H59NO6.C2H6/c1-23(10-9-17-33(2,3)40)28-13-14-29-27-12-11-24-20-25(15-18-34(24,4)30(27)16-19-35(28,29)5)41-32(39)42-26(21-31(37)38)22-36(6,7)8;1-2/h11,23,25-30,40H,9-10,12-22H2,1-8H3;1-2H3/p+1. The van der Waals surface area contributed by atoms with E-state index in [1.54, 1.807) is 0 Å². The summed E-state index contributed by atoms with van der Waals surface area (Å²) >= 11 is 0. The second-order valence-corrected chi connectivity index (χ2v) is 16.7. The number of hydrogen-bond donors (Lipinski definition) is 2. The van der Waals surface area contributed by atoms with E-state index in [1.807, 2.05) is 48.8 Å². The van der Waals surface area contributed by atoms with Crippen LogP contribution >= 0.6 is 0 Å². The molecule has 4 rings (SSSR count). The molecule has 4 aliphatic carbocycles. The lowest BCUT2D eigenvalue weighted by Crippen LogP contribution is -2.51. The Morgan fingerprint density at radius 2 is 1.75 bits per heavy atom. The number of fused-ring (bicyclic) bond motifs is 5. The summed E-state index contributed by atoms with van der Waals surface area (Å²) < 4.78 is 11.8. The van der Waals surface area contributed by atoms with Crippen LogP contribution < -0.4 is 0 Å². The lowest BCUT2D eigenvalue weighted by atomic mass is 9.47. The van der Waals surface area contributed by atoms with E-state index in [0.717, 1.165) is 56.3 Å². The molecule has 0 aromatic rings. The molecular formula is C37H66NO6+. The Labute approximate surface area is 268 Å². The highest BCUT2D eigenvalue weighted by atomic mass is 16.7. The van der Waals surface area contributed by atoms with E-state index >= 15 is 0 Å². The van der Waals surface area contributed by atoms with Gasteiger partial charge in [-0.15, -0.1) is 0 Å². The normalized spacial score (nSPS) is 34.6. The topological polar surface area (TPSA) is 93.1 Å². The molecule has 0 saturated heterocycles. The molecule has 0 aromatic heterocycles. The van der Waals surface area contributed by atoms with E-state index in [4.69, 9.17) is 9.47 Å². The number of aliphatic hydroxyl groups is 1. The van der Waals surface area contributed by atoms with E-state index < -0.39 is 23.8 Å². The van der Waals surface area contributed by atoms with Gasteiger partial charge in [0.15, 0.2) is 6.10 Å². The Morgan fingerprint density at radius 3 is 2.36 bits per heavy atom. The van der Waals surface area contributed by atoms with Crippen LogP contribution in [0.3, 0.4) is 0 Å². The van der Waals surface area contributed by atoms with Crippen LogP contribution in [-0.2, 0) is 14.3 Å². The minimum Gasteiger partial charge on any atom is -0.481 e. The maximum atomic E-state index is 12.7. The van der Waals surface area contributed by atoms with Crippen LogP contribution in [0.15, 0.2) is 11.6 Å². The van der Waals surface area contributed by atoms with Gasteiger partial charge in [-0.1, -0.05) is 59.1 Å². The summed E-state index contributed by atoms with van der Waals surface area (Å²) in [6.45, 7) is 15.8. The summed E-state index contributed by atoms with van der Waals surface area (Å²) in [5.74, 6) is 2.71. The summed E-state index contributed by atoms with van der Waals surface area (Å²) in [6, 6.07) is 0. The molecule has 3 fully saturated rings. The molecule has 4 aliphatic rings. The van der Waals surface area contributed by atoms with Gasteiger partial charge in [0.05, 0.1) is 33.2 Å². The van der Waals surface area contributed by atoms with Crippen molar-refractivity contribution in [1.82, 2.24) is 0 Å². The maximum Gasteiger partial charge on any atom is 0.509 e. The fourth-order valence-electron chi connectivity index (χ4n) is 10.0. The quantitative estimate of drug-likeness (QED) is 0.137. The van der Waals surface area contributed by atoms with Gasteiger partial charge >= 0.3 is 12.1 Å². The van der Waals surface area contributed by atoms with Gasteiger partial charge < -0.3 is 24.2 Å². The number of carboxylic acids is 1. The Hall–Kier alpha value is -1.60. The van der Waals surface area contributed by atoms with Crippen molar-refractivity contribution in [3.8, 4) is 0 Å². The predicted octanol–water partition coefficient (Wildman–Crippen LogP) is 8.24. The molecular weight excluding hydrogens is 554 g/mol. The fourth-order valence-corrected chi connectivity index (χ4v) is 10.0. The molecule has 0 heterocycles. The number of hydrogen-bond acceptors (Lipinski definition) is 5. The van der Waals surface area contributed by atoms with E-state index in [9.17, 15) is 19.8 Å². The summed E-state index contributed by atoms with van der Waals surface area (Å²) in [7, 11) is 5.86. The molecule has 44 heavy (non-hydrogen) atoms. The molecule has 0 amide bonds.